The number of esters is 1. The highest BCUT2D eigenvalue weighted by atomic mass is 16.5. The Kier molecular flexibility index (Phi) is 6.43. The standard InChI is InChI=1S/C20H27N3O5/c1-12(2)8-9-20(4)18(26)23(19(27)22-20)11-16(24)21-15-10-14(17(25)28-5)7-6-13(15)3/h6-7,10,12H,8-9,11H2,1-5H3,(H,21,24)(H,22,27)/t20-/m0/s1. The summed E-state index contributed by atoms with van der Waals surface area (Å²) in [7, 11) is 1.27. The van der Waals surface area contributed by atoms with Gasteiger partial charge in [-0.2, -0.15) is 0 Å². The van der Waals surface area contributed by atoms with Crippen molar-refractivity contribution in [3.63, 3.8) is 0 Å². The predicted octanol–water partition coefficient (Wildman–Crippen LogP) is 2.47. The summed E-state index contributed by atoms with van der Waals surface area (Å²) in [5.41, 5.74) is 0.449. The van der Waals surface area contributed by atoms with Gasteiger partial charge in [-0.05, 0) is 50.3 Å². The molecule has 28 heavy (non-hydrogen) atoms. The van der Waals surface area contributed by atoms with Crippen molar-refractivity contribution in [2.45, 2.75) is 46.1 Å². The molecule has 0 aliphatic carbocycles. The summed E-state index contributed by atoms with van der Waals surface area (Å²) in [4.78, 5) is 50.0. The van der Waals surface area contributed by atoms with Crippen LogP contribution in [-0.2, 0) is 14.3 Å². The molecule has 1 fully saturated rings. The summed E-state index contributed by atoms with van der Waals surface area (Å²) in [6.45, 7) is 7.13. The van der Waals surface area contributed by atoms with Crippen LogP contribution in [0.3, 0.4) is 0 Å². The van der Waals surface area contributed by atoms with Crippen LogP contribution in [-0.4, -0.2) is 47.9 Å². The summed E-state index contributed by atoms with van der Waals surface area (Å²) >= 11 is 0. The largest absolute Gasteiger partial charge is 0.465 e. The minimum atomic E-state index is -0.998. The number of benzene rings is 1. The van der Waals surface area contributed by atoms with Crippen molar-refractivity contribution in [1.82, 2.24) is 10.2 Å². The van der Waals surface area contributed by atoms with E-state index in [0.717, 1.165) is 16.9 Å². The lowest BCUT2D eigenvalue weighted by atomic mass is 9.92. The molecule has 0 spiro atoms. The third kappa shape index (κ3) is 4.68. The Morgan fingerprint density at radius 1 is 1.29 bits per heavy atom. The number of nitrogens with zero attached hydrogens (tertiary/aromatic N) is 1. The average Bonchev–Trinajstić information content (AvgIpc) is 2.84. The average molecular weight is 389 g/mol. The number of imide groups is 1. The van der Waals surface area contributed by atoms with Gasteiger partial charge in [-0.25, -0.2) is 9.59 Å². The van der Waals surface area contributed by atoms with Crippen molar-refractivity contribution < 1.29 is 23.9 Å². The van der Waals surface area contributed by atoms with E-state index in [1.54, 1.807) is 26.0 Å². The monoisotopic (exact) mass is 389 g/mol. The SMILES string of the molecule is COC(=O)c1ccc(C)c(NC(=O)CN2C(=O)N[C@@](C)(CCC(C)C)C2=O)c1. The third-order valence-corrected chi connectivity index (χ3v) is 4.80. The second-order valence-electron chi connectivity index (χ2n) is 7.66. The number of aryl methyl sites for hydroxylation is 1. The highest BCUT2D eigenvalue weighted by Gasteiger charge is 2.47. The van der Waals surface area contributed by atoms with Crippen LogP contribution in [0.15, 0.2) is 18.2 Å². The minimum Gasteiger partial charge on any atom is -0.465 e. The molecule has 1 atom stereocenters. The maximum atomic E-state index is 12.7. The Labute approximate surface area is 164 Å². The van der Waals surface area contributed by atoms with Crippen LogP contribution in [0.2, 0.25) is 0 Å². The van der Waals surface area contributed by atoms with Gasteiger partial charge in [0.2, 0.25) is 5.91 Å². The summed E-state index contributed by atoms with van der Waals surface area (Å²) in [5, 5.41) is 5.35. The van der Waals surface area contributed by atoms with Crippen molar-refractivity contribution in [2.75, 3.05) is 19.0 Å². The van der Waals surface area contributed by atoms with Crippen LogP contribution < -0.4 is 10.6 Å². The zero-order valence-corrected chi connectivity index (χ0v) is 16.9. The van der Waals surface area contributed by atoms with Gasteiger partial charge in [-0.3, -0.25) is 14.5 Å². The predicted molar refractivity (Wildman–Crippen MR) is 104 cm³/mol. The second-order valence-corrected chi connectivity index (χ2v) is 7.66. The Hall–Kier alpha value is -2.90. The van der Waals surface area contributed by atoms with Crippen LogP contribution in [0.4, 0.5) is 10.5 Å². The van der Waals surface area contributed by atoms with Crippen molar-refractivity contribution in [2.24, 2.45) is 5.92 Å². The number of carbonyl (C=O) groups is 4. The van der Waals surface area contributed by atoms with Crippen LogP contribution in [0.5, 0.6) is 0 Å². The zero-order valence-electron chi connectivity index (χ0n) is 16.9. The molecule has 152 valence electrons. The van der Waals surface area contributed by atoms with Gasteiger partial charge in [0, 0.05) is 5.69 Å². The molecular formula is C20H27N3O5. The van der Waals surface area contributed by atoms with Crippen LogP contribution in [0.1, 0.15) is 49.5 Å². The fourth-order valence-electron chi connectivity index (χ4n) is 2.97. The molecule has 1 heterocycles. The highest BCUT2D eigenvalue weighted by Crippen LogP contribution is 2.25. The molecule has 1 aromatic rings. The minimum absolute atomic E-state index is 0.291. The second kappa shape index (κ2) is 8.41. The summed E-state index contributed by atoms with van der Waals surface area (Å²) in [6.07, 6.45) is 1.29. The van der Waals surface area contributed by atoms with Gasteiger partial charge in [0.15, 0.2) is 0 Å². The smallest absolute Gasteiger partial charge is 0.337 e. The van der Waals surface area contributed by atoms with Crippen molar-refractivity contribution in [3.8, 4) is 0 Å². The van der Waals surface area contributed by atoms with E-state index < -0.39 is 35.9 Å². The van der Waals surface area contributed by atoms with E-state index in [9.17, 15) is 19.2 Å². The first-order valence-corrected chi connectivity index (χ1v) is 9.20. The van der Waals surface area contributed by atoms with Crippen molar-refractivity contribution >= 4 is 29.5 Å². The Morgan fingerprint density at radius 2 is 1.96 bits per heavy atom. The molecule has 1 aliphatic rings. The van der Waals surface area contributed by atoms with Gasteiger partial charge < -0.3 is 15.4 Å². The van der Waals surface area contributed by atoms with Crippen molar-refractivity contribution in [1.29, 1.82) is 0 Å². The maximum absolute atomic E-state index is 12.7. The van der Waals surface area contributed by atoms with Crippen LogP contribution in [0, 0.1) is 12.8 Å². The molecule has 4 amide bonds. The van der Waals surface area contributed by atoms with E-state index >= 15 is 0 Å². The van der Waals surface area contributed by atoms with Gasteiger partial charge in [0.25, 0.3) is 5.91 Å². The lowest BCUT2D eigenvalue weighted by Crippen LogP contribution is -2.44. The molecule has 0 unspecified atom stereocenters. The van der Waals surface area contributed by atoms with Crippen LogP contribution in [0.25, 0.3) is 0 Å². The number of urea groups is 1. The molecule has 1 aliphatic heterocycles. The summed E-state index contributed by atoms with van der Waals surface area (Å²) in [5.74, 6) is -1.07. The molecule has 0 radical (unpaired) electrons. The van der Waals surface area contributed by atoms with E-state index in [4.69, 9.17) is 0 Å². The summed E-state index contributed by atoms with van der Waals surface area (Å²) in [6, 6.07) is 4.19. The highest BCUT2D eigenvalue weighted by molar-refractivity contribution is 6.10. The van der Waals surface area contributed by atoms with E-state index in [2.05, 4.69) is 15.4 Å². The fourth-order valence-corrected chi connectivity index (χ4v) is 2.97. The number of nitrogens with one attached hydrogen (secondary N) is 2. The van der Waals surface area contributed by atoms with E-state index in [1.807, 2.05) is 13.8 Å². The molecule has 0 bridgehead atoms. The zero-order chi connectivity index (χ0) is 21.1. The van der Waals surface area contributed by atoms with Gasteiger partial charge >= 0.3 is 12.0 Å². The molecular weight excluding hydrogens is 362 g/mol. The number of carbonyl (C=O) groups excluding carboxylic acids is 4. The lowest BCUT2D eigenvalue weighted by Gasteiger charge is -2.22. The number of methoxy groups -OCH3 is 1. The molecule has 1 aromatic carbocycles. The normalized spacial score (nSPS) is 19.0. The first kappa shape index (κ1) is 21.4. The number of ether oxygens (including phenoxy) is 1. The fraction of sp³-hybridized carbons (Fsp3) is 0.500. The van der Waals surface area contributed by atoms with Gasteiger partial charge in [-0.15, -0.1) is 0 Å². The Balaban J connectivity index is 2.08. The quantitative estimate of drug-likeness (QED) is 0.551. The third-order valence-electron chi connectivity index (χ3n) is 4.80. The lowest BCUT2D eigenvalue weighted by molar-refractivity contribution is -0.133. The number of rotatable bonds is 7. The Morgan fingerprint density at radius 3 is 2.57 bits per heavy atom. The molecule has 2 N–H and O–H groups in total. The van der Waals surface area contributed by atoms with Gasteiger partial charge in [-0.1, -0.05) is 19.9 Å². The maximum Gasteiger partial charge on any atom is 0.337 e. The van der Waals surface area contributed by atoms with E-state index in [0.29, 0.717) is 23.6 Å². The molecule has 0 aromatic heterocycles. The van der Waals surface area contributed by atoms with E-state index in [1.165, 1.54) is 13.2 Å². The number of hydrogen-bond acceptors (Lipinski definition) is 5. The molecule has 0 saturated carbocycles. The number of hydrogen-bond donors (Lipinski definition) is 2. The van der Waals surface area contributed by atoms with Crippen molar-refractivity contribution in [3.05, 3.63) is 29.3 Å². The summed E-state index contributed by atoms with van der Waals surface area (Å²) < 4.78 is 4.68. The van der Waals surface area contributed by atoms with Crippen LogP contribution >= 0.6 is 0 Å². The number of amides is 4. The topological polar surface area (TPSA) is 105 Å². The van der Waals surface area contributed by atoms with Gasteiger partial charge in [0.1, 0.15) is 12.1 Å². The molecule has 1 saturated heterocycles. The molecule has 8 heteroatoms. The number of anilines is 1. The molecule has 8 nitrogen and oxygen atoms in total. The molecule has 2 rings (SSSR count). The van der Waals surface area contributed by atoms with E-state index in [-0.39, 0.29) is 0 Å². The Bertz CT molecular complexity index is 805. The van der Waals surface area contributed by atoms with Gasteiger partial charge in [0.05, 0.1) is 12.7 Å². The first-order chi connectivity index (χ1) is 13.1. The first-order valence-electron chi connectivity index (χ1n) is 9.20.